The number of hydrogen-bond donors (Lipinski definition) is 2. The van der Waals surface area contributed by atoms with Gasteiger partial charge in [-0.15, -0.1) is 0 Å². The summed E-state index contributed by atoms with van der Waals surface area (Å²) in [7, 11) is 0. The summed E-state index contributed by atoms with van der Waals surface area (Å²) < 4.78 is 39.1. The van der Waals surface area contributed by atoms with Gasteiger partial charge in [0, 0.05) is 6.20 Å². The number of nitrogens with one attached hydrogen (secondary N) is 3. The number of alkyl halides is 3. The molecule has 0 aliphatic rings. The number of nitrogens with zero attached hydrogens (tertiary/aromatic N) is 2. The Morgan fingerprint density at radius 1 is 1.35 bits per heavy atom. The molecule has 0 bridgehead atoms. The molecule has 136 valence electrons. The summed E-state index contributed by atoms with van der Waals surface area (Å²) in [6, 6.07) is 4.01. The summed E-state index contributed by atoms with van der Waals surface area (Å²) in [6.07, 6.45) is -2.25. The van der Waals surface area contributed by atoms with Crippen molar-refractivity contribution in [3.8, 4) is 0 Å². The Bertz CT molecular complexity index is 1080. The highest BCUT2D eigenvalue weighted by Gasteiger charge is 2.32. The molecular formula is C15H12ClF3N5O2+. The summed E-state index contributed by atoms with van der Waals surface area (Å²) in [5.74, 6) is 0.162. The van der Waals surface area contributed by atoms with Gasteiger partial charge in [-0.2, -0.15) is 13.2 Å². The third-order valence-corrected chi connectivity index (χ3v) is 3.89. The van der Waals surface area contributed by atoms with Crippen LogP contribution in [0.1, 0.15) is 5.56 Å². The summed E-state index contributed by atoms with van der Waals surface area (Å²) in [6.45, 7) is 0.179. The molecule has 0 atom stereocenters. The molecule has 0 aliphatic heterocycles. The summed E-state index contributed by atoms with van der Waals surface area (Å²) in [5, 5.41) is 2.65. The van der Waals surface area contributed by atoms with Crippen molar-refractivity contribution in [1.29, 1.82) is 0 Å². The van der Waals surface area contributed by atoms with Crippen LogP contribution in [0.5, 0.6) is 0 Å². The minimum absolute atomic E-state index is 0.0570. The second kappa shape index (κ2) is 6.79. The predicted molar refractivity (Wildman–Crippen MR) is 88.1 cm³/mol. The quantitative estimate of drug-likeness (QED) is 0.667. The lowest BCUT2D eigenvalue weighted by Gasteiger charge is -2.09. The average Bonchev–Trinajstić information content (AvgIpc) is 2.58. The zero-order chi connectivity index (χ0) is 18.9. The van der Waals surface area contributed by atoms with E-state index >= 15 is 0 Å². The monoisotopic (exact) mass is 386 g/mol. The number of rotatable bonds is 4. The van der Waals surface area contributed by atoms with E-state index in [0.29, 0.717) is 11.2 Å². The first-order valence-corrected chi connectivity index (χ1v) is 7.75. The molecule has 0 aromatic carbocycles. The topological polar surface area (TPSA) is 93.9 Å². The van der Waals surface area contributed by atoms with Gasteiger partial charge in [-0.25, -0.2) is 9.97 Å². The van der Waals surface area contributed by atoms with E-state index in [1.165, 1.54) is 10.8 Å². The molecule has 26 heavy (non-hydrogen) atoms. The molecule has 3 N–H and O–H groups in total. The van der Waals surface area contributed by atoms with E-state index in [-0.39, 0.29) is 23.9 Å². The molecule has 0 saturated carbocycles. The number of hydrogen-bond acceptors (Lipinski definition) is 4. The van der Waals surface area contributed by atoms with E-state index in [1.54, 1.807) is 12.1 Å². The van der Waals surface area contributed by atoms with Gasteiger partial charge in [-0.05, 0) is 18.2 Å². The first-order chi connectivity index (χ1) is 12.3. The third kappa shape index (κ3) is 3.54. The Kier molecular flexibility index (Phi) is 4.68. The fourth-order valence-electron chi connectivity index (χ4n) is 2.37. The van der Waals surface area contributed by atoms with Crippen LogP contribution in [0.3, 0.4) is 0 Å². The van der Waals surface area contributed by atoms with Gasteiger partial charge in [0.15, 0.2) is 5.65 Å². The van der Waals surface area contributed by atoms with Crippen LogP contribution in [0.15, 0.2) is 40.2 Å². The van der Waals surface area contributed by atoms with Crippen LogP contribution in [0, 0.1) is 0 Å². The van der Waals surface area contributed by atoms with Gasteiger partial charge in [0.1, 0.15) is 17.8 Å². The molecule has 11 heteroatoms. The van der Waals surface area contributed by atoms with E-state index in [2.05, 4.69) is 20.3 Å². The Hall–Kier alpha value is -2.88. The first-order valence-electron chi connectivity index (χ1n) is 7.37. The number of fused-ring (bicyclic) bond motifs is 1. The molecule has 0 amide bonds. The van der Waals surface area contributed by atoms with Crippen LogP contribution in [-0.2, 0) is 12.7 Å². The van der Waals surface area contributed by atoms with Crippen molar-refractivity contribution in [3.05, 3.63) is 61.9 Å². The highest BCUT2D eigenvalue weighted by Crippen LogP contribution is 2.31. The van der Waals surface area contributed by atoms with E-state index in [0.717, 1.165) is 12.3 Å². The summed E-state index contributed by atoms with van der Waals surface area (Å²) in [4.78, 5) is 32.7. The number of anilines is 1. The molecule has 0 radical (unpaired) electrons. The Morgan fingerprint density at radius 3 is 2.81 bits per heavy atom. The fraction of sp³-hybridized carbons (Fsp3) is 0.200. The second-order valence-corrected chi connectivity index (χ2v) is 5.73. The summed E-state index contributed by atoms with van der Waals surface area (Å²) in [5.41, 5.74) is -1.78. The smallest absolute Gasteiger partial charge is 0.315 e. The number of aromatic amines is 2. The molecular weight excluding hydrogens is 375 g/mol. The molecule has 3 aromatic rings. The lowest BCUT2D eigenvalue weighted by molar-refractivity contribution is -0.364. The largest absolute Gasteiger partial charge is 0.419 e. The van der Waals surface area contributed by atoms with Crippen LogP contribution in [0.25, 0.3) is 11.2 Å². The average molecular weight is 387 g/mol. The zero-order valence-electron chi connectivity index (χ0n) is 13.0. The minimum Gasteiger partial charge on any atom is -0.315 e. The molecule has 0 saturated heterocycles. The van der Waals surface area contributed by atoms with Crippen LogP contribution >= 0.6 is 11.6 Å². The van der Waals surface area contributed by atoms with Crippen LogP contribution in [0.4, 0.5) is 19.0 Å². The van der Waals surface area contributed by atoms with Gasteiger partial charge < -0.3 is 4.98 Å². The van der Waals surface area contributed by atoms with Crippen molar-refractivity contribution in [3.63, 3.8) is 0 Å². The van der Waals surface area contributed by atoms with Gasteiger partial charge in [0.2, 0.25) is 0 Å². The van der Waals surface area contributed by atoms with Gasteiger partial charge in [0.05, 0.1) is 17.6 Å². The number of pyridine rings is 2. The van der Waals surface area contributed by atoms with Gasteiger partial charge in [-0.3, -0.25) is 19.5 Å². The first kappa shape index (κ1) is 17.9. The van der Waals surface area contributed by atoms with Gasteiger partial charge >= 0.3 is 17.3 Å². The normalized spacial score (nSPS) is 11.7. The molecule has 0 fully saturated rings. The number of halogens is 4. The standard InChI is InChI=1S/C15H11ClF3N5O2/c16-9-6-8(15(17,18)19)7-22-11(9)20-4-5-24-12-10(2-1-3-21-12)23-13(25)14(24)26/h1-3,6-7H,4-5H2,(H,20,22)(H,23,25)/p+1. The molecule has 0 spiro atoms. The van der Waals surface area contributed by atoms with Gasteiger partial charge in [-0.1, -0.05) is 11.6 Å². The van der Waals surface area contributed by atoms with Crippen molar-refractivity contribution >= 4 is 28.6 Å². The summed E-state index contributed by atoms with van der Waals surface area (Å²) >= 11 is 5.84. The number of aromatic nitrogens is 4. The predicted octanol–water partition coefficient (Wildman–Crippen LogP) is 1.68. The van der Waals surface area contributed by atoms with E-state index in [4.69, 9.17) is 11.6 Å². The van der Waals surface area contributed by atoms with Crippen molar-refractivity contribution in [1.82, 2.24) is 14.5 Å². The highest BCUT2D eigenvalue weighted by molar-refractivity contribution is 6.32. The third-order valence-electron chi connectivity index (χ3n) is 3.59. The Morgan fingerprint density at radius 2 is 2.12 bits per heavy atom. The maximum atomic E-state index is 12.6. The lowest BCUT2D eigenvalue weighted by atomic mass is 10.3. The SMILES string of the molecule is O=c1[nH]c2cccnc2n(CCNc2[nH+]cc(C(F)(F)F)cc2Cl)c1=O. The molecule has 3 rings (SSSR count). The molecule has 3 heterocycles. The van der Waals surface area contributed by atoms with Crippen LogP contribution in [0.2, 0.25) is 5.02 Å². The minimum atomic E-state index is -4.51. The van der Waals surface area contributed by atoms with E-state index in [9.17, 15) is 22.8 Å². The second-order valence-electron chi connectivity index (χ2n) is 5.32. The molecule has 3 aromatic heterocycles. The zero-order valence-corrected chi connectivity index (χ0v) is 13.8. The maximum absolute atomic E-state index is 12.6. The van der Waals surface area contributed by atoms with Crippen LogP contribution < -0.4 is 21.4 Å². The maximum Gasteiger partial charge on any atom is 0.419 e. The molecule has 0 aliphatic carbocycles. The van der Waals surface area contributed by atoms with Crippen molar-refractivity contribution < 1.29 is 18.2 Å². The lowest BCUT2D eigenvalue weighted by Crippen LogP contribution is -2.38. The van der Waals surface area contributed by atoms with Crippen molar-refractivity contribution in [2.45, 2.75) is 12.7 Å². The van der Waals surface area contributed by atoms with Crippen molar-refractivity contribution in [2.24, 2.45) is 0 Å². The van der Waals surface area contributed by atoms with E-state index in [1.807, 2.05) is 0 Å². The van der Waals surface area contributed by atoms with Crippen molar-refractivity contribution in [2.75, 3.05) is 11.9 Å². The number of H-pyrrole nitrogens is 2. The Labute approximate surface area is 148 Å². The highest BCUT2D eigenvalue weighted by atomic mass is 35.5. The van der Waals surface area contributed by atoms with E-state index < -0.39 is 22.9 Å². The molecule has 7 nitrogen and oxygen atoms in total. The Balaban J connectivity index is 1.81. The van der Waals surface area contributed by atoms with Gasteiger partial charge in [0.25, 0.3) is 5.82 Å². The van der Waals surface area contributed by atoms with Crippen LogP contribution in [-0.4, -0.2) is 21.1 Å². The fourth-order valence-corrected chi connectivity index (χ4v) is 2.61. The molecule has 0 unspecified atom stereocenters.